The molecular formula is C30H31N3O3. The molecule has 4 aromatic rings. The average Bonchev–Trinajstić information content (AvgIpc) is 3.45. The van der Waals surface area contributed by atoms with Crippen LogP contribution in [-0.4, -0.2) is 33.4 Å². The van der Waals surface area contributed by atoms with Gasteiger partial charge in [-0.05, 0) is 67.9 Å². The Morgan fingerprint density at radius 1 is 1.03 bits per heavy atom. The van der Waals surface area contributed by atoms with E-state index in [4.69, 9.17) is 9.40 Å². The Bertz CT molecular complexity index is 1490. The van der Waals surface area contributed by atoms with E-state index in [0.717, 1.165) is 71.3 Å². The molecule has 1 unspecified atom stereocenters. The molecule has 1 saturated heterocycles. The number of aryl methyl sites for hydroxylation is 1. The molecule has 1 amide bonds. The van der Waals surface area contributed by atoms with Gasteiger partial charge in [-0.1, -0.05) is 37.3 Å². The first kappa shape index (κ1) is 22.8. The fourth-order valence-electron chi connectivity index (χ4n) is 5.48. The number of hydrogen-bond donors (Lipinski definition) is 0. The summed E-state index contributed by atoms with van der Waals surface area (Å²) >= 11 is 0. The summed E-state index contributed by atoms with van der Waals surface area (Å²) in [4.78, 5) is 33.0. The van der Waals surface area contributed by atoms with E-state index in [1.807, 2.05) is 35.4 Å². The first-order valence-electron chi connectivity index (χ1n) is 13.0. The number of carbonyl (C=O) groups excluding carboxylic acids is 1. The molecule has 1 atom stereocenters. The van der Waals surface area contributed by atoms with Crippen LogP contribution in [0.3, 0.4) is 0 Å². The maximum atomic E-state index is 13.6. The van der Waals surface area contributed by atoms with E-state index >= 15 is 0 Å². The van der Waals surface area contributed by atoms with E-state index in [0.29, 0.717) is 24.7 Å². The molecule has 2 aromatic heterocycles. The zero-order valence-corrected chi connectivity index (χ0v) is 20.9. The fraction of sp³-hybridized carbons (Fsp3) is 0.367. The largest absolute Gasteiger partial charge is 0.464 e. The van der Waals surface area contributed by atoms with Crippen LogP contribution in [0, 0.1) is 18.8 Å². The van der Waals surface area contributed by atoms with Crippen LogP contribution in [0.1, 0.15) is 37.4 Å². The highest BCUT2D eigenvalue weighted by Gasteiger charge is 2.36. The van der Waals surface area contributed by atoms with Crippen LogP contribution >= 0.6 is 0 Å². The summed E-state index contributed by atoms with van der Waals surface area (Å²) in [5.74, 6) is 1.51. The molecule has 6 nitrogen and oxygen atoms in total. The Morgan fingerprint density at radius 2 is 1.78 bits per heavy atom. The summed E-state index contributed by atoms with van der Waals surface area (Å²) in [6.07, 6.45) is 5.34. The number of carbonyl (C=O) groups is 1. The van der Waals surface area contributed by atoms with Gasteiger partial charge in [-0.3, -0.25) is 14.2 Å². The quantitative estimate of drug-likeness (QED) is 0.367. The fourth-order valence-corrected chi connectivity index (χ4v) is 5.48. The number of hydrogen-bond acceptors (Lipinski definition) is 4. The summed E-state index contributed by atoms with van der Waals surface area (Å²) < 4.78 is 7.32. The number of likely N-dealkylation sites (tertiary alicyclic amines) is 1. The van der Waals surface area contributed by atoms with Gasteiger partial charge in [0.2, 0.25) is 5.91 Å². The van der Waals surface area contributed by atoms with Gasteiger partial charge in [0.15, 0.2) is 0 Å². The van der Waals surface area contributed by atoms with Crippen molar-refractivity contribution in [3.05, 3.63) is 76.4 Å². The van der Waals surface area contributed by atoms with Gasteiger partial charge in [0.05, 0.1) is 6.26 Å². The molecule has 1 aliphatic heterocycles. The minimum Gasteiger partial charge on any atom is -0.464 e. The summed E-state index contributed by atoms with van der Waals surface area (Å²) in [7, 11) is 0. The van der Waals surface area contributed by atoms with Crippen molar-refractivity contribution >= 4 is 16.9 Å². The molecule has 184 valence electrons. The Morgan fingerprint density at radius 3 is 2.53 bits per heavy atom. The van der Waals surface area contributed by atoms with E-state index in [-0.39, 0.29) is 17.4 Å². The van der Waals surface area contributed by atoms with Crippen molar-refractivity contribution in [3.63, 3.8) is 0 Å². The lowest BCUT2D eigenvalue weighted by Crippen LogP contribution is -2.33. The molecule has 0 bridgehead atoms. The van der Waals surface area contributed by atoms with Crippen LogP contribution in [0.15, 0.2) is 64.0 Å². The lowest BCUT2D eigenvalue weighted by molar-refractivity contribution is -0.131. The second kappa shape index (κ2) is 9.08. The smallest absolute Gasteiger partial charge is 0.257 e. The molecule has 2 aromatic carbocycles. The summed E-state index contributed by atoms with van der Waals surface area (Å²) in [6.45, 7) is 6.04. The van der Waals surface area contributed by atoms with E-state index in [1.165, 1.54) is 0 Å². The summed E-state index contributed by atoms with van der Waals surface area (Å²) in [5, 5.41) is 1.07. The van der Waals surface area contributed by atoms with Crippen LogP contribution < -0.4 is 5.56 Å². The molecular weight excluding hydrogens is 450 g/mol. The monoisotopic (exact) mass is 481 g/mol. The van der Waals surface area contributed by atoms with Gasteiger partial charge in [-0.2, -0.15) is 0 Å². The lowest BCUT2D eigenvalue weighted by Gasteiger charge is -2.20. The third-order valence-electron chi connectivity index (χ3n) is 7.72. The van der Waals surface area contributed by atoms with Crippen molar-refractivity contribution < 1.29 is 9.21 Å². The Labute approximate surface area is 210 Å². The maximum absolute atomic E-state index is 13.6. The van der Waals surface area contributed by atoms with Gasteiger partial charge in [0.1, 0.15) is 11.4 Å². The van der Waals surface area contributed by atoms with E-state index in [1.54, 1.807) is 6.26 Å². The number of rotatable bonds is 6. The van der Waals surface area contributed by atoms with Crippen molar-refractivity contribution in [1.82, 2.24) is 14.5 Å². The van der Waals surface area contributed by atoms with Gasteiger partial charge in [-0.25, -0.2) is 4.98 Å². The van der Waals surface area contributed by atoms with Crippen LogP contribution in [0.25, 0.3) is 33.5 Å². The molecule has 6 rings (SSSR count). The highest BCUT2D eigenvalue weighted by Crippen LogP contribution is 2.33. The highest BCUT2D eigenvalue weighted by atomic mass is 16.3. The molecule has 36 heavy (non-hydrogen) atoms. The SMILES string of the molecule is CCc1c(C)nc(-c2ccc(-c3ccc4occc4c3)cc2)n(CC2CCN(C(=O)C3CC3)C2)c1=O. The van der Waals surface area contributed by atoms with Crippen molar-refractivity contribution in [1.29, 1.82) is 0 Å². The number of furan rings is 1. The maximum Gasteiger partial charge on any atom is 0.257 e. The minimum absolute atomic E-state index is 0.0430. The Balaban J connectivity index is 1.31. The standard InChI is InChI=1S/C30H31N3O3/c1-3-26-19(2)31-28(33(30(26)35)18-20-12-14-32(17-20)29(34)23-8-9-23)22-6-4-21(5-7-22)24-10-11-27-25(16-24)13-15-36-27/h4-7,10-11,13,15-16,20,23H,3,8-9,12,14,17-18H2,1-2H3. The third-order valence-corrected chi connectivity index (χ3v) is 7.72. The molecule has 0 spiro atoms. The number of amides is 1. The van der Waals surface area contributed by atoms with Gasteiger partial charge in [0, 0.05) is 47.8 Å². The number of aromatic nitrogens is 2. The lowest BCUT2D eigenvalue weighted by atomic mass is 10.0. The number of nitrogens with zero attached hydrogens (tertiary/aromatic N) is 3. The molecule has 2 fully saturated rings. The van der Waals surface area contributed by atoms with Crippen LogP contribution in [0.2, 0.25) is 0 Å². The van der Waals surface area contributed by atoms with Gasteiger partial charge >= 0.3 is 0 Å². The van der Waals surface area contributed by atoms with E-state index in [9.17, 15) is 9.59 Å². The third kappa shape index (κ3) is 4.15. The number of benzene rings is 2. The zero-order chi connectivity index (χ0) is 24.8. The molecule has 1 aliphatic carbocycles. The second-order valence-corrected chi connectivity index (χ2v) is 10.2. The average molecular weight is 482 g/mol. The van der Waals surface area contributed by atoms with Crippen molar-refractivity contribution in [2.45, 2.75) is 46.1 Å². The first-order valence-corrected chi connectivity index (χ1v) is 13.0. The van der Waals surface area contributed by atoms with Gasteiger partial charge < -0.3 is 9.32 Å². The van der Waals surface area contributed by atoms with Crippen molar-refractivity contribution in [2.24, 2.45) is 11.8 Å². The Kier molecular flexibility index (Phi) is 5.75. The van der Waals surface area contributed by atoms with Gasteiger partial charge in [-0.15, -0.1) is 0 Å². The molecule has 3 heterocycles. The molecule has 2 aliphatic rings. The molecule has 1 saturated carbocycles. The van der Waals surface area contributed by atoms with Crippen molar-refractivity contribution in [2.75, 3.05) is 13.1 Å². The van der Waals surface area contributed by atoms with Crippen LogP contribution in [-0.2, 0) is 17.8 Å². The molecule has 6 heteroatoms. The van der Waals surface area contributed by atoms with E-state index in [2.05, 4.69) is 36.4 Å². The highest BCUT2D eigenvalue weighted by molar-refractivity contribution is 5.84. The molecule has 0 N–H and O–H groups in total. The number of fused-ring (bicyclic) bond motifs is 1. The van der Waals surface area contributed by atoms with Crippen LogP contribution in [0.4, 0.5) is 0 Å². The second-order valence-electron chi connectivity index (χ2n) is 10.2. The predicted molar refractivity (Wildman–Crippen MR) is 141 cm³/mol. The zero-order valence-electron chi connectivity index (χ0n) is 20.9. The van der Waals surface area contributed by atoms with Crippen molar-refractivity contribution in [3.8, 4) is 22.5 Å². The normalized spacial score (nSPS) is 17.7. The van der Waals surface area contributed by atoms with Crippen LogP contribution in [0.5, 0.6) is 0 Å². The summed E-state index contributed by atoms with van der Waals surface area (Å²) in [6, 6.07) is 16.4. The Hall–Kier alpha value is -3.67. The van der Waals surface area contributed by atoms with E-state index < -0.39 is 0 Å². The minimum atomic E-state index is 0.0430. The van der Waals surface area contributed by atoms with Gasteiger partial charge in [0.25, 0.3) is 5.56 Å². The molecule has 0 radical (unpaired) electrons. The topological polar surface area (TPSA) is 68.3 Å². The predicted octanol–water partition coefficient (Wildman–Crippen LogP) is 5.45. The first-order chi connectivity index (χ1) is 17.5. The summed E-state index contributed by atoms with van der Waals surface area (Å²) in [5.41, 5.74) is 5.62.